The predicted molar refractivity (Wildman–Crippen MR) is 124 cm³/mol. The molecule has 0 spiro atoms. The minimum absolute atomic E-state index is 0.0665. The Bertz CT molecular complexity index is 1460. The fourth-order valence-electron chi connectivity index (χ4n) is 3.31. The summed E-state index contributed by atoms with van der Waals surface area (Å²) in [5, 5.41) is 6.62. The van der Waals surface area contributed by atoms with Gasteiger partial charge in [0.2, 0.25) is 5.69 Å². The van der Waals surface area contributed by atoms with Crippen LogP contribution in [-0.2, 0) is 13.1 Å². The fourth-order valence-corrected chi connectivity index (χ4v) is 3.31. The van der Waals surface area contributed by atoms with Crippen molar-refractivity contribution < 1.29 is 9.18 Å². The van der Waals surface area contributed by atoms with E-state index in [1.807, 2.05) is 19.1 Å². The predicted octanol–water partition coefficient (Wildman–Crippen LogP) is 2.52. The molecule has 0 bridgehead atoms. The largest absolute Gasteiger partial charge is 0.352 e. The van der Waals surface area contributed by atoms with Gasteiger partial charge in [0.1, 0.15) is 5.82 Å². The van der Waals surface area contributed by atoms with Crippen molar-refractivity contribution in [2.24, 2.45) is 0 Å². The number of amides is 1. The lowest BCUT2D eigenvalue weighted by Gasteiger charge is -2.13. The van der Waals surface area contributed by atoms with Gasteiger partial charge in [0.15, 0.2) is 0 Å². The average molecular weight is 459 g/mol. The van der Waals surface area contributed by atoms with Gasteiger partial charge in [-0.15, -0.1) is 0 Å². The van der Waals surface area contributed by atoms with Gasteiger partial charge in [0.25, 0.3) is 11.5 Å². The van der Waals surface area contributed by atoms with E-state index in [9.17, 15) is 18.8 Å². The number of hydrogen-bond donors (Lipinski definition) is 1. The molecule has 2 aromatic heterocycles. The maximum atomic E-state index is 14.2. The molecular formula is C25H22FN5O3. The Labute approximate surface area is 194 Å². The van der Waals surface area contributed by atoms with Crippen LogP contribution in [0.5, 0.6) is 0 Å². The Balaban J connectivity index is 1.80. The van der Waals surface area contributed by atoms with Crippen LogP contribution in [0, 0.1) is 19.7 Å². The number of hydrogen-bond acceptors (Lipinski definition) is 5. The molecule has 0 aliphatic rings. The van der Waals surface area contributed by atoms with Crippen LogP contribution in [0.15, 0.2) is 76.4 Å². The number of carbonyl (C=O) groups is 1. The summed E-state index contributed by atoms with van der Waals surface area (Å²) in [5.41, 5.74) is 0.685. The number of carbonyl (C=O) groups excluding carboxylic acids is 1. The van der Waals surface area contributed by atoms with E-state index in [0.29, 0.717) is 16.8 Å². The second kappa shape index (κ2) is 9.62. The van der Waals surface area contributed by atoms with Crippen molar-refractivity contribution in [1.82, 2.24) is 24.6 Å². The number of pyridine rings is 1. The quantitative estimate of drug-likeness (QED) is 0.478. The monoisotopic (exact) mass is 459 g/mol. The van der Waals surface area contributed by atoms with Crippen LogP contribution in [0.3, 0.4) is 0 Å². The molecule has 9 heteroatoms. The van der Waals surface area contributed by atoms with Gasteiger partial charge in [0, 0.05) is 12.3 Å². The molecule has 0 saturated carbocycles. The molecule has 34 heavy (non-hydrogen) atoms. The molecule has 0 saturated heterocycles. The zero-order valence-corrected chi connectivity index (χ0v) is 18.7. The average Bonchev–Trinajstić information content (AvgIpc) is 2.84. The molecule has 1 amide bonds. The molecule has 0 radical (unpaired) electrons. The Kier molecular flexibility index (Phi) is 6.44. The second-order valence-corrected chi connectivity index (χ2v) is 7.86. The molecule has 0 fully saturated rings. The fraction of sp³-hybridized carbons (Fsp3) is 0.160. The summed E-state index contributed by atoms with van der Waals surface area (Å²) in [6, 6.07) is 16.7. The first kappa shape index (κ1) is 22.8. The van der Waals surface area contributed by atoms with Gasteiger partial charge in [-0.3, -0.25) is 19.1 Å². The standard InChI is InChI=1S/C25H22FN5O3/c1-16-6-9-18(10-7-16)15-30-24(33)22(23(32)28-14-19-5-3-4-12-27-19)29-31(25(30)34)20-11-8-17(2)21(26)13-20/h3-13H,14-15H2,1-2H3,(H,28,32). The van der Waals surface area contributed by atoms with Gasteiger partial charge in [-0.05, 0) is 43.2 Å². The van der Waals surface area contributed by atoms with E-state index in [4.69, 9.17) is 0 Å². The molecule has 4 aromatic rings. The maximum absolute atomic E-state index is 14.2. The van der Waals surface area contributed by atoms with Crippen molar-refractivity contribution in [3.8, 4) is 5.69 Å². The van der Waals surface area contributed by atoms with Crippen molar-refractivity contribution in [3.63, 3.8) is 0 Å². The lowest BCUT2D eigenvalue weighted by molar-refractivity contribution is 0.0940. The second-order valence-electron chi connectivity index (χ2n) is 7.86. The summed E-state index contributed by atoms with van der Waals surface area (Å²) >= 11 is 0. The molecule has 2 heterocycles. The van der Waals surface area contributed by atoms with E-state index in [0.717, 1.165) is 20.9 Å². The molecule has 0 atom stereocenters. The van der Waals surface area contributed by atoms with Crippen LogP contribution in [0.1, 0.15) is 32.9 Å². The molecular weight excluding hydrogens is 437 g/mol. The lowest BCUT2D eigenvalue weighted by Crippen LogP contribution is -2.46. The van der Waals surface area contributed by atoms with Crippen LogP contribution in [-0.4, -0.2) is 25.2 Å². The number of aromatic nitrogens is 4. The summed E-state index contributed by atoms with van der Waals surface area (Å²) in [7, 11) is 0. The Morgan fingerprint density at radius 2 is 1.79 bits per heavy atom. The highest BCUT2D eigenvalue weighted by Crippen LogP contribution is 2.11. The van der Waals surface area contributed by atoms with Gasteiger partial charge in [0.05, 0.1) is 24.5 Å². The van der Waals surface area contributed by atoms with Crippen LogP contribution in [0.4, 0.5) is 4.39 Å². The van der Waals surface area contributed by atoms with Crippen LogP contribution in [0.25, 0.3) is 5.69 Å². The van der Waals surface area contributed by atoms with Crippen molar-refractivity contribution in [1.29, 1.82) is 0 Å². The summed E-state index contributed by atoms with van der Waals surface area (Å²) in [5.74, 6) is -1.31. The van der Waals surface area contributed by atoms with E-state index >= 15 is 0 Å². The zero-order chi connectivity index (χ0) is 24.2. The van der Waals surface area contributed by atoms with Crippen LogP contribution >= 0.6 is 0 Å². The molecule has 172 valence electrons. The normalized spacial score (nSPS) is 10.8. The van der Waals surface area contributed by atoms with Gasteiger partial charge >= 0.3 is 5.69 Å². The molecule has 4 rings (SSSR count). The van der Waals surface area contributed by atoms with E-state index in [1.54, 1.807) is 43.5 Å². The van der Waals surface area contributed by atoms with E-state index in [-0.39, 0.29) is 18.8 Å². The smallest absolute Gasteiger partial charge is 0.345 e. The van der Waals surface area contributed by atoms with Crippen LogP contribution in [0.2, 0.25) is 0 Å². The van der Waals surface area contributed by atoms with E-state index in [2.05, 4.69) is 15.4 Å². The highest BCUT2D eigenvalue weighted by atomic mass is 19.1. The summed E-state index contributed by atoms with van der Waals surface area (Å²) < 4.78 is 16.0. The minimum atomic E-state index is -0.840. The molecule has 2 aromatic carbocycles. The molecule has 0 unspecified atom stereocenters. The van der Waals surface area contributed by atoms with Crippen molar-refractivity contribution in [2.75, 3.05) is 0 Å². The number of nitrogens with zero attached hydrogens (tertiary/aromatic N) is 4. The molecule has 0 aliphatic heterocycles. The SMILES string of the molecule is Cc1ccc(Cn2c(=O)c(C(=O)NCc3ccccn3)nn(-c3ccc(C)c(F)c3)c2=O)cc1. The van der Waals surface area contributed by atoms with Gasteiger partial charge in [-0.2, -0.15) is 9.78 Å². The molecule has 0 aliphatic carbocycles. The van der Waals surface area contributed by atoms with Crippen molar-refractivity contribution >= 4 is 5.91 Å². The highest BCUT2D eigenvalue weighted by molar-refractivity contribution is 5.91. The van der Waals surface area contributed by atoms with Crippen molar-refractivity contribution in [3.05, 3.63) is 122 Å². The third kappa shape index (κ3) is 4.83. The van der Waals surface area contributed by atoms with Gasteiger partial charge in [-0.1, -0.05) is 42.0 Å². The summed E-state index contributed by atoms with van der Waals surface area (Å²) in [6.45, 7) is 3.50. The van der Waals surface area contributed by atoms with Crippen molar-refractivity contribution in [2.45, 2.75) is 26.9 Å². The topological polar surface area (TPSA) is 98.9 Å². The van der Waals surface area contributed by atoms with Crippen LogP contribution < -0.4 is 16.6 Å². The third-order valence-corrected chi connectivity index (χ3v) is 5.29. The zero-order valence-electron chi connectivity index (χ0n) is 18.7. The Morgan fingerprint density at radius 1 is 1.03 bits per heavy atom. The summed E-state index contributed by atoms with van der Waals surface area (Å²) in [6.07, 6.45) is 1.58. The number of nitrogens with one attached hydrogen (secondary N) is 1. The van der Waals surface area contributed by atoms with Gasteiger partial charge in [-0.25, -0.2) is 9.18 Å². The maximum Gasteiger partial charge on any atom is 0.352 e. The first-order valence-corrected chi connectivity index (χ1v) is 10.6. The lowest BCUT2D eigenvalue weighted by atomic mass is 10.1. The number of halogens is 1. The summed E-state index contributed by atoms with van der Waals surface area (Å²) in [4.78, 5) is 43.4. The van der Waals surface area contributed by atoms with E-state index in [1.165, 1.54) is 12.1 Å². The number of rotatable bonds is 6. The molecule has 8 nitrogen and oxygen atoms in total. The van der Waals surface area contributed by atoms with Gasteiger partial charge < -0.3 is 5.32 Å². The third-order valence-electron chi connectivity index (χ3n) is 5.29. The first-order valence-electron chi connectivity index (χ1n) is 10.6. The Morgan fingerprint density at radius 3 is 2.47 bits per heavy atom. The highest BCUT2D eigenvalue weighted by Gasteiger charge is 2.21. The van der Waals surface area contributed by atoms with E-state index < -0.39 is 28.7 Å². The minimum Gasteiger partial charge on any atom is -0.345 e. The first-order chi connectivity index (χ1) is 16.3. The Hall–Kier alpha value is -4.40. The molecule has 1 N–H and O–H groups in total. The number of aryl methyl sites for hydroxylation is 2. The number of benzene rings is 2.